The number of fused-ring (bicyclic) bond motifs is 2. The summed E-state index contributed by atoms with van der Waals surface area (Å²) in [6.45, 7) is 2.47. The summed E-state index contributed by atoms with van der Waals surface area (Å²) in [5.41, 5.74) is 2.72. The Balaban J connectivity index is 1.60. The molecule has 1 saturated carbocycles. The molecule has 5 rings (SSSR count). The molecule has 150 valence electrons. The zero-order valence-corrected chi connectivity index (χ0v) is 16.8. The lowest BCUT2D eigenvalue weighted by molar-refractivity contribution is -0.141. The molecule has 7 heteroatoms. The molecule has 0 N–H and O–H groups in total. The molecular weight excluding hydrogens is 394 g/mol. The fraction of sp³-hybridized carbons (Fsp3) is 0.364. The quantitative estimate of drug-likeness (QED) is 0.764. The average molecular weight is 414 g/mol. The van der Waals surface area contributed by atoms with Crippen LogP contribution in [0.4, 0.5) is 14.5 Å². The van der Waals surface area contributed by atoms with Crippen LogP contribution in [0.5, 0.6) is 0 Å². The van der Waals surface area contributed by atoms with E-state index in [1.807, 2.05) is 25.1 Å². The summed E-state index contributed by atoms with van der Waals surface area (Å²) < 4.78 is 27.6. The summed E-state index contributed by atoms with van der Waals surface area (Å²) in [4.78, 5) is 28.9. The van der Waals surface area contributed by atoms with Gasteiger partial charge in [-0.05, 0) is 31.9 Å². The SMILES string of the molecule is Cc1ccc2c(c1)C1(SCCN1C(=O)C1CC1)C(=O)N2Cc1ccc(F)cc1F. The lowest BCUT2D eigenvalue weighted by Crippen LogP contribution is -2.50. The first-order valence-electron chi connectivity index (χ1n) is 9.74. The van der Waals surface area contributed by atoms with Crippen molar-refractivity contribution in [2.75, 3.05) is 17.2 Å². The summed E-state index contributed by atoms with van der Waals surface area (Å²) in [7, 11) is 0. The molecular formula is C22H20F2N2O2S. The van der Waals surface area contributed by atoms with Gasteiger partial charge in [0.15, 0.2) is 4.87 Å². The lowest BCUT2D eigenvalue weighted by atomic mass is 10.0. The minimum absolute atomic E-state index is 0.00518. The Kier molecular flexibility index (Phi) is 4.21. The molecule has 0 bridgehead atoms. The van der Waals surface area contributed by atoms with E-state index in [1.54, 1.807) is 4.90 Å². The third-order valence-corrected chi connectivity index (χ3v) is 7.30. The van der Waals surface area contributed by atoms with Gasteiger partial charge in [-0.1, -0.05) is 23.8 Å². The third kappa shape index (κ3) is 2.78. The van der Waals surface area contributed by atoms with Crippen LogP contribution in [-0.2, 0) is 21.0 Å². The maximum absolute atomic E-state index is 14.3. The zero-order valence-electron chi connectivity index (χ0n) is 16.0. The Bertz CT molecular complexity index is 1040. The summed E-state index contributed by atoms with van der Waals surface area (Å²) in [6, 6.07) is 9.11. The highest BCUT2D eigenvalue weighted by molar-refractivity contribution is 8.01. The van der Waals surface area contributed by atoms with Gasteiger partial charge in [-0.2, -0.15) is 0 Å². The highest BCUT2D eigenvalue weighted by Crippen LogP contribution is 2.55. The summed E-state index contributed by atoms with van der Waals surface area (Å²) in [5, 5.41) is 0. The highest BCUT2D eigenvalue weighted by Gasteiger charge is 2.60. The number of halogens is 2. The van der Waals surface area contributed by atoms with Gasteiger partial charge < -0.3 is 9.80 Å². The molecule has 0 aromatic heterocycles. The first-order valence-corrected chi connectivity index (χ1v) is 10.7. The summed E-state index contributed by atoms with van der Waals surface area (Å²) in [5.74, 6) is -0.841. The Morgan fingerprint density at radius 2 is 2.00 bits per heavy atom. The van der Waals surface area contributed by atoms with E-state index in [0.717, 1.165) is 30.0 Å². The minimum atomic E-state index is -1.09. The van der Waals surface area contributed by atoms with Crippen LogP contribution in [-0.4, -0.2) is 29.0 Å². The first kappa shape index (κ1) is 18.6. The molecule has 2 aliphatic heterocycles. The van der Waals surface area contributed by atoms with Crippen LogP contribution >= 0.6 is 11.8 Å². The van der Waals surface area contributed by atoms with Gasteiger partial charge in [-0.15, -0.1) is 11.8 Å². The lowest BCUT2D eigenvalue weighted by Gasteiger charge is -2.33. The molecule has 1 atom stereocenters. The number of hydrogen-bond donors (Lipinski definition) is 0. The molecule has 2 heterocycles. The van der Waals surface area contributed by atoms with Gasteiger partial charge in [0.2, 0.25) is 5.91 Å². The van der Waals surface area contributed by atoms with E-state index < -0.39 is 16.5 Å². The van der Waals surface area contributed by atoms with Crippen molar-refractivity contribution in [2.24, 2.45) is 5.92 Å². The fourth-order valence-corrected chi connectivity index (χ4v) is 5.74. The normalized spacial score (nSPS) is 23.2. The van der Waals surface area contributed by atoms with Crippen molar-refractivity contribution in [3.05, 3.63) is 64.7 Å². The van der Waals surface area contributed by atoms with Crippen LogP contribution in [0.25, 0.3) is 0 Å². The molecule has 0 radical (unpaired) electrons. The Hall–Kier alpha value is -2.41. The summed E-state index contributed by atoms with van der Waals surface area (Å²) in [6.07, 6.45) is 1.74. The number of nitrogens with zero attached hydrogens (tertiary/aromatic N) is 2. The minimum Gasteiger partial charge on any atom is -0.315 e. The second-order valence-corrected chi connectivity index (χ2v) is 9.19. The topological polar surface area (TPSA) is 40.6 Å². The van der Waals surface area contributed by atoms with Gasteiger partial charge >= 0.3 is 0 Å². The smallest absolute Gasteiger partial charge is 0.268 e. The molecule has 1 aliphatic carbocycles. The van der Waals surface area contributed by atoms with E-state index in [1.165, 1.54) is 28.8 Å². The predicted octanol–water partition coefficient (Wildman–Crippen LogP) is 3.96. The number of thioether (sulfide) groups is 1. The van der Waals surface area contributed by atoms with E-state index >= 15 is 0 Å². The van der Waals surface area contributed by atoms with Crippen molar-refractivity contribution in [1.82, 2.24) is 4.90 Å². The van der Waals surface area contributed by atoms with E-state index in [2.05, 4.69) is 0 Å². The van der Waals surface area contributed by atoms with Gasteiger partial charge in [0, 0.05) is 35.4 Å². The Morgan fingerprint density at radius 1 is 1.21 bits per heavy atom. The predicted molar refractivity (Wildman–Crippen MR) is 107 cm³/mol. The van der Waals surface area contributed by atoms with Crippen LogP contribution in [0.1, 0.15) is 29.5 Å². The van der Waals surface area contributed by atoms with Crippen molar-refractivity contribution in [3.8, 4) is 0 Å². The maximum atomic E-state index is 14.3. The van der Waals surface area contributed by atoms with Gasteiger partial charge in [0.1, 0.15) is 11.6 Å². The number of hydrogen-bond acceptors (Lipinski definition) is 3. The monoisotopic (exact) mass is 414 g/mol. The Morgan fingerprint density at radius 3 is 2.72 bits per heavy atom. The largest absolute Gasteiger partial charge is 0.315 e. The van der Waals surface area contributed by atoms with Crippen molar-refractivity contribution in [1.29, 1.82) is 0 Å². The number of carbonyl (C=O) groups is 2. The van der Waals surface area contributed by atoms with E-state index in [0.29, 0.717) is 18.0 Å². The average Bonchev–Trinajstić information content (AvgIpc) is 3.41. The Labute approximate surface area is 171 Å². The molecule has 29 heavy (non-hydrogen) atoms. The number of carbonyl (C=O) groups excluding carboxylic acids is 2. The molecule has 1 spiro atoms. The summed E-state index contributed by atoms with van der Waals surface area (Å²) >= 11 is 1.47. The number of amides is 2. The standard InChI is InChI=1S/C22H20F2N2O2S/c1-13-2-7-19-17(10-13)22(26(8-9-29-22)20(27)14-3-4-14)21(28)25(19)12-15-5-6-16(23)11-18(15)24/h2,5-7,10-11,14H,3-4,8-9,12H2,1H3. The van der Waals surface area contributed by atoms with E-state index in [9.17, 15) is 18.4 Å². The number of anilines is 1. The van der Waals surface area contributed by atoms with Crippen LogP contribution < -0.4 is 4.90 Å². The van der Waals surface area contributed by atoms with Crippen LogP contribution in [0, 0.1) is 24.5 Å². The molecule has 3 aliphatic rings. The number of benzene rings is 2. The number of rotatable bonds is 3. The first-order chi connectivity index (χ1) is 13.9. The maximum Gasteiger partial charge on any atom is 0.268 e. The van der Waals surface area contributed by atoms with Crippen LogP contribution in [0.3, 0.4) is 0 Å². The molecule has 1 unspecified atom stereocenters. The van der Waals surface area contributed by atoms with Crippen molar-refractivity contribution in [3.63, 3.8) is 0 Å². The van der Waals surface area contributed by atoms with Gasteiger partial charge in [0.05, 0.1) is 12.2 Å². The van der Waals surface area contributed by atoms with E-state index in [4.69, 9.17) is 0 Å². The second-order valence-electron chi connectivity index (χ2n) is 7.90. The molecule has 4 nitrogen and oxygen atoms in total. The molecule has 2 aromatic carbocycles. The van der Waals surface area contributed by atoms with Crippen molar-refractivity contribution >= 4 is 29.3 Å². The molecule has 2 amide bonds. The van der Waals surface area contributed by atoms with Gasteiger partial charge in [0.25, 0.3) is 5.91 Å². The van der Waals surface area contributed by atoms with Gasteiger partial charge in [-0.25, -0.2) is 8.78 Å². The van der Waals surface area contributed by atoms with Crippen LogP contribution in [0.2, 0.25) is 0 Å². The van der Waals surface area contributed by atoms with Gasteiger partial charge in [-0.3, -0.25) is 9.59 Å². The third-order valence-electron chi connectivity index (χ3n) is 5.89. The second kappa shape index (κ2) is 6.55. The van der Waals surface area contributed by atoms with Crippen LogP contribution in [0.15, 0.2) is 36.4 Å². The van der Waals surface area contributed by atoms with E-state index in [-0.39, 0.29) is 29.8 Å². The molecule has 2 aromatic rings. The number of aryl methyl sites for hydroxylation is 1. The molecule has 1 saturated heterocycles. The highest BCUT2D eigenvalue weighted by atomic mass is 32.2. The van der Waals surface area contributed by atoms with Crippen molar-refractivity contribution < 1.29 is 18.4 Å². The fourth-order valence-electron chi connectivity index (χ4n) is 4.28. The zero-order chi connectivity index (χ0) is 20.3. The molecule has 2 fully saturated rings. The van der Waals surface area contributed by atoms with Crippen molar-refractivity contribution in [2.45, 2.75) is 31.2 Å².